The normalized spacial score (nSPS) is 19.9. The highest BCUT2D eigenvalue weighted by molar-refractivity contribution is 5.95. The lowest BCUT2D eigenvalue weighted by atomic mass is 9.90. The van der Waals surface area contributed by atoms with Gasteiger partial charge in [0.1, 0.15) is 11.2 Å². The summed E-state index contributed by atoms with van der Waals surface area (Å²) in [6.45, 7) is 10.8. The molecule has 2 saturated carbocycles. The Kier molecular flexibility index (Phi) is 20.2. The predicted molar refractivity (Wildman–Crippen MR) is 301 cm³/mol. The van der Waals surface area contributed by atoms with Crippen LogP contribution in [0.4, 0.5) is 43.9 Å². The van der Waals surface area contributed by atoms with Crippen LogP contribution in [0.15, 0.2) is 54.6 Å². The first kappa shape index (κ1) is 65.9. The zero-order valence-corrected chi connectivity index (χ0v) is 49.9. The molecular formula is C62H80F10N8O6. The highest BCUT2D eigenvalue weighted by Crippen LogP contribution is 2.44. The second kappa shape index (κ2) is 26.3. The van der Waals surface area contributed by atoms with Crippen LogP contribution in [0.1, 0.15) is 201 Å². The van der Waals surface area contributed by atoms with Gasteiger partial charge in [-0.2, -0.15) is 36.5 Å². The van der Waals surface area contributed by atoms with E-state index in [0.29, 0.717) is 38.8 Å². The van der Waals surface area contributed by atoms with E-state index < -0.39 is 126 Å². The fraction of sp³-hybridized carbons (Fsp3) is 0.645. The first-order valence-electron chi connectivity index (χ1n) is 30.0. The molecule has 8 rings (SSSR count). The molecule has 86 heavy (non-hydrogen) atoms. The van der Waals surface area contributed by atoms with Crippen molar-refractivity contribution in [2.45, 2.75) is 229 Å². The quantitative estimate of drug-likeness (QED) is 0.0609. The number of benzene rings is 2. The molecule has 0 radical (unpaired) electrons. The van der Waals surface area contributed by atoms with Gasteiger partial charge in [-0.15, -0.1) is 0 Å². The van der Waals surface area contributed by atoms with E-state index in [0.717, 1.165) is 31.7 Å². The summed E-state index contributed by atoms with van der Waals surface area (Å²) in [5.41, 5.74) is -5.83. The lowest BCUT2D eigenvalue weighted by Crippen LogP contribution is -2.49. The second-order valence-corrected chi connectivity index (χ2v) is 25.8. The van der Waals surface area contributed by atoms with Crippen molar-refractivity contribution in [1.82, 2.24) is 40.0 Å². The molecule has 0 bridgehead atoms. The van der Waals surface area contributed by atoms with Crippen LogP contribution in [0.2, 0.25) is 0 Å². The maximum absolute atomic E-state index is 15.8. The summed E-state index contributed by atoms with van der Waals surface area (Å²) in [4.78, 5) is 59.2. The Labute approximate surface area is 495 Å². The van der Waals surface area contributed by atoms with Crippen LogP contribution in [-0.2, 0) is 37.8 Å². The van der Waals surface area contributed by atoms with Crippen LogP contribution in [0.25, 0.3) is 22.5 Å². The van der Waals surface area contributed by atoms with Crippen LogP contribution in [0.3, 0.4) is 0 Å². The molecule has 0 spiro atoms. The molecule has 474 valence electrons. The number of carbonyl (C=O) groups excluding carboxylic acids is 4. The van der Waals surface area contributed by atoms with Crippen molar-refractivity contribution in [3.8, 4) is 22.5 Å². The van der Waals surface area contributed by atoms with Crippen molar-refractivity contribution in [3.63, 3.8) is 0 Å². The van der Waals surface area contributed by atoms with Gasteiger partial charge in [0.25, 0.3) is 23.7 Å². The molecule has 4 fully saturated rings. The van der Waals surface area contributed by atoms with Crippen LogP contribution in [-0.4, -0.2) is 127 Å². The lowest BCUT2D eigenvalue weighted by molar-refractivity contribution is -0.158. The first-order chi connectivity index (χ1) is 40.1. The number of aromatic nitrogens is 4. The van der Waals surface area contributed by atoms with Gasteiger partial charge in [-0.3, -0.25) is 38.3 Å². The highest BCUT2D eigenvalue weighted by Gasteiger charge is 2.43. The number of amides is 2. The summed E-state index contributed by atoms with van der Waals surface area (Å²) in [6.07, 6.45) is -6.02. The molecule has 2 aliphatic carbocycles. The van der Waals surface area contributed by atoms with Crippen molar-refractivity contribution in [1.29, 1.82) is 0 Å². The molecule has 2 aromatic carbocycles. The predicted octanol–water partition coefficient (Wildman–Crippen LogP) is 13.6. The van der Waals surface area contributed by atoms with Gasteiger partial charge < -0.3 is 20.1 Å². The molecule has 24 heteroatoms. The molecule has 4 heterocycles. The zero-order chi connectivity index (χ0) is 62.7. The number of halogens is 10. The fourth-order valence-corrected chi connectivity index (χ4v) is 12.9. The lowest BCUT2D eigenvalue weighted by Gasteiger charge is -2.38. The van der Waals surface area contributed by atoms with E-state index in [-0.39, 0.29) is 90.5 Å². The third kappa shape index (κ3) is 17.2. The monoisotopic (exact) mass is 1220 g/mol. The number of likely N-dealkylation sites (tertiary alicyclic amines) is 2. The third-order valence-corrected chi connectivity index (χ3v) is 16.8. The Morgan fingerprint density at radius 3 is 1.49 bits per heavy atom. The Balaban J connectivity index is 1.05. The minimum Gasteiger partial charge on any atom is -0.460 e. The van der Waals surface area contributed by atoms with E-state index >= 15 is 13.2 Å². The largest absolute Gasteiger partial charge is 0.460 e. The number of nitrogens with one attached hydrogen (secondary N) is 2. The van der Waals surface area contributed by atoms with Crippen molar-refractivity contribution >= 4 is 23.8 Å². The van der Waals surface area contributed by atoms with Crippen molar-refractivity contribution in [2.75, 3.05) is 26.2 Å². The number of nitrogens with zero attached hydrogens (tertiary/aromatic N) is 6. The van der Waals surface area contributed by atoms with Gasteiger partial charge in [0, 0.05) is 54.6 Å². The summed E-state index contributed by atoms with van der Waals surface area (Å²) < 4.78 is 164. The number of rotatable bonds is 21. The summed E-state index contributed by atoms with van der Waals surface area (Å²) in [5.74, 6) is -9.21. The van der Waals surface area contributed by atoms with E-state index in [2.05, 4.69) is 20.8 Å². The Morgan fingerprint density at radius 2 is 1.05 bits per heavy atom. The standard InChI is InChI=1S/C62H80F10N8O6/c1-38(77-27-15-25-59(63,64)36-77)29-41(31-52(81)85-57(3,4)5)73-56(84)49-34-51(80(76-49)44-20-10-11-21-44)46-23-14-17-40(54(46)62(70,71)72)35-58(6,7)86-53(82)32-42(30-39(2)78-28-16-26-60(65,66)37-78)74-55(83)48-33-50(79(75-48)43-18-8-9-19-43)45-22-12-13-24-47(45)61(67,68)69/h12-14,17,22-24,33-34,38-39,41-44H,8-11,15-16,18-21,25-32,35-37H2,1-7H3,(H,73,84)(H,74,83)/t38?,39-,41?,42-/m0/s1. The molecule has 4 aliphatic rings. The smallest absolute Gasteiger partial charge is 0.417 e. The summed E-state index contributed by atoms with van der Waals surface area (Å²) >= 11 is 0. The Hall–Kier alpha value is -6.04. The van der Waals surface area contributed by atoms with Crippen LogP contribution < -0.4 is 10.6 Å². The number of ether oxygens (including phenoxy) is 2. The average molecular weight is 1220 g/mol. The van der Waals surface area contributed by atoms with Crippen LogP contribution in [0.5, 0.6) is 0 Å². The number of hydrogen-bond acceptors (Lipinski definition) is 10. The summed E-state index contributed by atoms with van der Waals surface area (Å²) in [5, 5.41) is 14.7. The Morgan fingerprint density at radius 1 is 0.605 bits per heavy atom. The molecule has 14 nitrogen and oxygen atoms in total. The number of esters is 2. The van der Waals surface area contributed by atoms with Gasteiger partial charge in [-0.05, 0) is 137 Å². The van der Waals surface area contributed by atoms with Crippen LogP contribution >= 0.6 is 0 Å². The van der Waals surface area contributed by atoms with Gasteiger partial charge in [-0.25, -0.2) is 17.6 Å². The molecular weight excluding hydrogens is 1140 g/mol. The molecule has 2 aliphatic heterocycles. The molecule has 2 unspecified atom stereocenters. The van der Waals surface area contributed by atoms with Gasteiger partial charge in [0.05, 0.1) is 60.5 Å². The minimum atomic E-state index is -5.03. The van der Waals surface area contributed by atoms with Crippen LogP contribution in [0, 0.1) is 0 Å². The minimum absolute atomic E-state index is 0.0254. The maximum atomic E-state index is 15.8. The van der Waals surface area contributed by atoms with E-state index in [4.69, 9.17) is 9.47 Å². The van der Waals surface area contributed by atoms with Crippen molar-refractivity contribution in [3.05, 3.63) is 82.7 Å². The number of carbonyl (C=O) groups is 4. The van der Waals surface area contributed by atoms with Gasteiger partial charge in [0.2, 0.25) is 0 Å². The van der Waals surface area contributed by atoms with Crippen molar-refractivity contribution in [2.24, 2.45) is 0 Å². The average Bonchev–Trinajstić information content (AvgIpc) is 1.63. The summed E-state index contributed by atoms with van der Waals surface area (Å²) in [7, 11) is 0. The van der Waals surface area contributed by atoms with Gasteiger partial charge in [0.15, 0.2) is 11.4 Å². The molecule has 2 amide bonds. The molecule has 2 N–H and O–H groups in total. The Bertz CT molecular complexity index is 3030. The summed E-state index contributed by atoms with van der Waals surface area (Å²) in [6, 6.07) is 7.39. The van der Waals surface area contributed by atoms with E-state index in [1.165, 1.54) is 76.6 Å². The van der Waals surface area contributed by atoms with Crippen molar-refractivity contribution < 1.29 is 72.6 Å². The van der Waals surface area contributed by atoms with Gasteiger partial charge in [-0.1, -0.05) is 62.1 Å². The highest BCUT2D eigenvalue weighted by atomic mass is 19.4. The SMILES string of the molecule is CC(CC(CC(=O)OC(C)(C)C)NC(=O)c1cc(-c2cccc(CC(C)(C)OC(=O)C[C@H](C[C@H](C)N3CCCC(F)(F)C3)NC(=O)c3cc(-c4ccccc4C(F)(F)F)n(C4CCCC4)n3)c2C(F)(F)F)n(C2CCCC2)n1)N1CCCC(F)(F)C1. The molecule has 4 atom stereocenters. The number of alkyl halides is 10. The maximum Gasteiger partial charge on any atom is 0.417 e. The molecule has 2 saturated heterocycles. The molecule has 2 aromatic heterocycles. The first-order valence-corrected chi connectivity index (χ1v) is 30.0. The zero-order valence-electron chi connectivity index (χ0n) is 49.9. The topological polar surface area (TPSA) is 153 Å². The van der Waals surface area contributed by atoms with Gasteiger partial charge >= 0.3 is 24.3 Å². The van der Waals surface area contributed by atoms with E-state index in [1.807, 2.05) is 0 Å². The molecule has 4 aromatic rings. The van der Waals surface area contributed by atoms with E-state index in [1.54, 1.807) is 39.5 Å². The third-order valence-electron chi connectivity index (χ3n) is 16.8. The fourth-order valence-electron chi connectivity index (χ4n) is 12.9. The second-order valence-electron chi connectivity index (χ2n) is 25.8. The number of hydrogen-bond donors (Lipinski definition) is 2. The van der Waals surface area contributed by atoms with E-state index in [9.17, 15) is 49.9 Å². The number of piperidine rings is 2.